The third kappa shape index (κ3) is 4.71. The lowest BCUT2D eigenvalue weighted by Crippen LogP contribution is -2.17. The molecule has 0 spiro atoms. The Hall–Kier alpha value is -3.19. The van der Waals surface area contributed by atoms with Gasteiger partial charge in [0.1, 0.15) is 11.5 Å². The van der Waals surface area contributed by atoms with Gasteiger partial charge in [-0.1, -0.05) is 28.1 Å². The van der Waals surface area contributed by atoms with Gasteiger partial charge < -0.3 is 9.15 Å². The zero-order valence-electron chi connectivity index (χ0n) is 14.3. The highest BCUT2D eigenvalue weighted by molar-refractivity contribution is 9.10. The Morgan fingerprint density at radius 3 is 2.33 bits per heavy atom. The van der Waals surface area contributed by atoms with E-state index in [1.165, 1.54) is 13.3 Å². The van der Waals surface area contributed by atoms with Crippen molar-refractivity contribution in [2.24, 2.45) is 5.10 Å². The largest absolute Gasteiger partial charge is 0.465 e. The van der Waals surface area contributed by atoms with E-state index in [9.17, 15) is 9.59 Å². The average molecular weight is 427 g/mol. The molecule has 27 heavy (non-hydrogen) atoms. The van der Waals surface area contributed by atoms with E-state index in [4.69, 9.17) is 4.42 Å². The number of nitrogens with zero attached hydrogens (tertiary/aromatic N) is 1. The van der Waals surface area contributed by atoms with Crippen molar-refractivity contribution >= 4 is 34.0 Å². The van der Waals surface area contributed by atoms with Gasteiger partial charge in [0, 0.05) is 15.6 Å². The molecule has 1 amide bonds. The molecule has 136 valence electrons. The molecule has 0 saturated carbocycles. The summed E-state index contributed by atoms with van der Waals surface area (Å²) in [7, 11) is 1.34. The van der Waals surface area contributed by atoms with Crippen LogP contribution < -0.4 is 5.43 Å². The van der Waals surface area contributed by atoms with Crippen molar-refractivity contribution in [3.8, 4) is 11.3 Å². The summed E-state index contributed by atoms with van der Waals surface area (Å²) in [5.74, 6) is 0.393. The fourth-order valence-electron chi connectivity index (χ4n) is 2.29. The van der Waals surface area contributed by atoms with Crippen LogP contribution in [0.3, 0.4) is 0 Å². The van der Waals surface area contributed by atoms with Crippen LogP contribution in [0.4, 0.5) is 0 Å². The lowest BCUT2D eigenvalue weighted by molar-refractivity contribution is 0.0600. The van der Waals surface area contributed by atoms with E-state index in [0.717, 1.165) is 10.0 Å². The summed E-state index contributed by atoms with van der Waals surface area (Å²) in [5.41, 5.74) is 4.22. The van der Waals surface area contributed by atoms with Crippen LogP contribution in [0.15, 0.2) is 74.7 Å². The maximum atomic E-state index is 12.0. The Morgan fingerprint density at radius 2 is 1.67 bits per heavy atom. The summed E-state index contributed by atoms with van der Waals surface area (Å²) >= 11 is 3.32. The number of hydrazone groups is 1. The molecule has 3 aromatic rings. The summed E-state index contributed by atoms with van der Waals surface area (Å²) in [6.07, 6.45) is 1.42. The normalized spacial score (nSPS) is 10.7. The fourth-order valence-corrected chi connectivity index (χ4v) is 2.55. The van der Waals surface area contributed by atoms with E-state index in [0.29, 0.717) is 22.6 Å². The predicted molar refractivity (Wildman–Crippen MR) is 105 cm³/mol. The third-order valence-corrected chi connectivity index (χ3v) is 4.21. The zero-order valence-corrected chi connectivity index (χ0v) is 15.9. The number of nitrogens with one attached hydrogen (secondary N) is 1. The van der Waals surface area contributed by atoms with Gasteiger partial charge in [-0.05, 0) is 48.5 Å². The minimum atomic E-state index is -0.393. The quantitative estimate of drug-likeness (QED) is 0.375. The molecule has 2 aromatic carbocycles. The first kappa shape index (κ1) is 18.6. The molecule has 7 heteroatoms. The maximum Gasteiger partial charge on any atom is 0.337 e. The van der Waals surface area contributed by atoms with Gasteiger partial charge in [0.15, 0.2) is 0 Å². The van der Waals surface area contributed by atoms with E-state index >= 15 is 0 Å². The summed E-state index contributed by atoms with van der Waals surface area (Å²) in [6.45, 7) is 0. The first-order chi connectivity index (χ1) is 13.1. The van der Waals surface area contributed by atoms with Gasteiger partial charge in [0.25, 0.3) is 5.91 Å². The number of methoxy groups -OCH3 is 1. The second-order valence-electron chi connectivity index (χ2n) is 5.48. The second kappa shape index (κ2) is 8.46. The minimum absolute atomic E-state index is 0.316. The topological polar surface area (TPSA) is 80.9 Å². The second-order valence-corrected chi connectivity index (χ2v) is 6.39. The van der Waals surface area contributed by atoms with Crippen molar-refractivity contribution in [2.45, 2.75) is 0 Å². The monoisotopic (exact) mass is 426 g/mol. The molecule has 0 radical (unpaired) electrons. The molecule has 0 aliphatic heterocycles. The van der Waals surface area contributed by atoms with Gasteiger partial charge in [0.2, 0.25) is 0 Å². The highest BCUT2D eigenvalue weighted by Crippen LogP contribution is 2.22. The number of ether oxygens (including phenoxy) is 1. The number of amides is 1. The Morgan fingerprint density at radius 1 is 1.00 bits per heavy atom. The van der Waals surface area contributed by atoms with Crippen LogP contribution in [0.1, 0.15) is 26.5 Å². The van der Waals surface area contributed by atoms with Gasteiger partial charge in [-0.3, -0.25) is 4.79 Å². The number of benzene rings is 2. The molecule has 0 atom stereocenters. The summed E-state index contributed by atoms with van der Waals surface area (Å²) in [4.78, 5) is 23.4. The highest BCUT2D eigenvalue weighted by Gasteiger charge is 2.08. The van der Waals surface area contributed by atoms with Crippen LogP contribution in [-0.2, 0) is 4.74 Å². The molecular formula is C20H15BrN2O4. The van der Waals surface area contributed by atoms with Gasteiger partial charge >= 0.3 is 5.97 Å². The van der Waals surface area contributed by atoms with E-state index in [1.807, 2.05) is 0 Å². The molecule has 1 N–H and O–H groups in total. The van der Waals surface area contributed by atoms with Crippen molar-refractivity contribution in [3.05, 3.63) is 82.0 Å². The highest BCUT2D eigenvalue weighted by atomic mass is 79.9. The van der Waals surface area contributed by atoms with E-state index < -0.39 is 5.97 Å². The number of carbonyl (C=O) groups is 2. The van der Waals surface area contributed by atoms with Crippen LogP contribution in [0, 0.1) is 0 Å². The molecule has 0 saturated heterocycles. The van der Waals surface area contributed by atoms with Crippen molar-refractivity contribution < 1.29 is 18.7 Å². The van der Waals surface area contributed by atoms with Crippen LogP contribution in [0.2, 0.25) is 0 Å². The number of carbonyl (C=O) groups excluding carboxylic acids is 2. The minimum Gasteiger partial charge on any atom is -0.465 e. The fraction of sp³-hybridized carbons (Fsp3) is 0.0500. The van der Waals surface area contributed by atoms with Gasteiger partial charge in [-0.2, -0.15) is 5.10 Å². The number of furan rings is 1. The van der Waals surface area contributed by atoms with Crippen molar-refractivity contribution in [1.82, 2.24) is 5.43 Å². The summed E-state index contributed by atoms with van der Waals surface area (Å²) in [5, 5.41) is 3.90. The number of rotatable bonds is 5. The average Bonchev–Trinajstić information content (AvgIpc) is 3.17. The van der Waals surface area contributed by atoms with Crippen LogP contribution in [0.5, 0.6) is 0 Å². The van der Waals surface area contributed by atoms with Gasteiger partial charge in [-0.25, -0.2) is 10.2 Å². The molecule has 6 nitrogen and oxygen atoms in total. The van der Waals surface area contributed by atoms with E-state index in [2.05, 4.69) is 31.2 Å². The van der Waals surface area contributed by atoms with Crippen molar-refractivity contribution in [3.63, 3.8) is 0 Å². The first-order valence-corrected chi connectivity index (χ1v) is 8.73. The molecular weight excluding hydrogens is 412 g/mol. The predicted octanol–water partition coefficient (Wildman–Crippen LogP) is 4.26. The molecule has 1 aromatic heterocycles. The lowest BCUT2D eigenvalue weighted by Gasteiger charge is -2.00. The Labute approximate surface area is 164 Å². The summed E-state index contributed by atoms with van der Waals surface area (Å²) < 4.78 is 11.2. The van der Waals surface area contributed by atoms with Gasteiger partial charge in [0.05, 0.1) is 18.9 Å². The van der Waals surface area contributed by atoms with E-state index in [-0.39, 0.29) is 5.91 Å². The lowest BCUT2D eigenvalue weighted by atomic mass is 10.1. The SMILES string of the molecule is COC(=O)c1ccc(-c2ccc(/C=N/NC(=O)c3ccc(Br)cc3)o2)cc1. The first-order valence-electron chi connectivity index (χ1n) is 7.94. The molecule has 0 aliphatic rings. The zero-order chi connectivity index (χ0) is 19.2. The standard InChI is InChI=1S/C20H15BrN2O4/c1-26-20(25)15-4-2-13(3-5-15)18-11-10-17(27-18)12-22-23-19(24)14-6-8-16(21)9-7-14/h2-12H,1H3,(H,23,24)/b22-12+. The molecule has 0 aliphatic carbocycles. The smallest absolute Gasteiger partial charge is 0.337 e. The molecule has 0 bridgehead atoms. The number of halogens is 1. The number of esters is 1. The van der Waals surface area contributed by atoms with Crippen LogP contribution >= 0.6 is 15.9 Å². The number of hydrogen-bond donors (Lipinski definition) is 1. The van der Waals surface area contributed by atoms with E-state index in [1.54, 1.807) is 60.7 Å². The van der Waals surface area contributed by atoms with Crippen molar-refractivity contribution in [2.75, 3.05) is 7.11 Å². The molecule has 1 heterocycles. The Kier molecular flexibility index (Phi) is 5.83. The molecule has 0 fully saturated rings. The third-order valence-electron chi connectivity index (χ3n) is 3.68. The van der Waals surface area contributed by atoms with Gasteiger partial charge in [-0.15, -0.1) is 0 Å². The van der Waals surface area contributed by atoms with Crippen molar-refractivity contribution in [1.29, 1.82) is 0 Å². The molecule has 3 rings (SSSR count). The Bertz CT molecular complexity index is 976. The van der Waals surface area contributed by atoms with Crippen LogP contribution in [0.25, 0.3) is 11.3 Å². The maximum absolute atomic E-state index is 12.0. The number of hydrogen-bond acceptors (Lipinski definition) is 5. The summed E-state index contributed by atoms with van der Waals surface area (Å²) in [6, 6.07) is 17.3. The Balaban J connectivity index is 1.63. The molecule has 0 unspecified atom stereocenters. The van der Waals surface area contributed by atoms with Crippen LogP contribution in [-0.4, -0.2) is 25.2 Å².